The molecule has 16 heavy (non-hydrogen) atoms. The molecule has 82 valence electrons. The van der Waals surface area contributed by atoms with Crippen molar-refractivity contribution in [3.05, 3.63) is 42.4 Å². The van der Waals surface area contributed by atoms with Gasteiger partial charge in [0, 0.05) is 19.0 Å². The van der Waals surface area contributed by atoms with Crippen LogP contribution < -0.4 is 5.32 Å². The SMILES string of the molecule is CC(=O)NCc1ccc(-c2cnco2)cc1. The van der Waals surface area contributed by atoms with Crippen molar-refractivity contribution < 1.29 is 9.21 Å². The van der Waals surface area contributed by atoms with Crippen LogP contribution in [0.1, 0.15) is 12.5 Å². The van der Waals surface area contributed by atoms with Crippen molar-refractivity contribution in [3.63, 3.8) is 0 Å². The summed E-state index contributed by atoms with van der Waals surface area (Å²) in [4.78, 5) is 14.6. The number of aromatic nitrogens is 1. The standard InChI is InChI=1S/C12H12N2O2/c1-9(15)14-6-10-2-4-11(5-3-10)12-7-13-8-16-12/h2-5,7-8H,6H2,1H3,(H,14,15). The average molecular weight is 216 g/mol. The zero-order valence-corrected chi connectivity index (χ0v) is 8.93. The predicted octanol–water partition coefficient (Wildman–Crippen LogP) is 1.98. The zero-order chi connectivity index (χ0) is 11.4. The summed E-state index contributed by atoms with van der Waals surface area (Å²) in [7, 11) is 0. The van der Waals surface area contributed by atoms with E-state index in [-0.39, 0.29) is 5.91 Å². The third-order valence-corrected chi connectivity index (χ3v) is 2.21. The van der Waals surface area contributed by atoms with Crippen molar-refractivity contribution in [1.29, 1.82) is 0 Å². The Morgan fingerprint density at radius 1 is 1.38 bits per heavy atom. The highest BCUT2D eigenvalue weighted by Crippen LogP contribution is 2.18. The van der Waals surface area contributed by atoms with E-state index >= 15 is 0 Å². The minimum Gasteiger partial charge on any atom is -0.444 e. The molecule has 1 N–H and O–H groups in total. The monoisotopic (exact) mass is 216 g/mol. The highest BCUT2D eigenvalue weighted by atomic mass is 16.3. The lowest BCUT2D eigenvalue weighted by Gasteiger charge is -2.03. The van der Waals surface area contributed by atoms with Crippen LogP contribution in [0.5, 0.6) is 0 Å². The molecule has 0 spiro atoms. The number of amides is 1. The molecule has 1 aromatic heterocycles. The molecule has 4 nitrogen and oxygen atoms in total. The van der Waals surface area contributed by atoms with Gasteiger partial charge in [-0.25, -0.2) is 4.98 Å². The van der Waals surface area contributed by atoms with Crippen LogP contribution in [0.2, 0.25) is 0 Å². The van der Waals surface area contributed by atoms with Gasteiger partial charge in [-0.3, -0.25) is 4.79 Å². The molecule has 1 aromatic carbocycles. The summed E-state index contributed by atoms with van der Waals surface area (Å²) in [5, 5.41) is 2.74. The molecular weight excluding hydrogens is 204 g/mol. The molecule has 0 saturated carbocycles. The summed E-state index contributed by atoms with van der Waals surface area (Å²) in [5.74, 6) is 0.713. The van der Waals surface area contributed by atoms with E-state index in [9.17, 15) is 4.79 Å². The molecule has 4 heteroatoms. The van der Waals surface area contributed by atoms with Crippen molar-refractivity contribution in [2.45, 2.75) is 13.5 Å². The highest BCUT2D eigenvalue weighted by Gasteiger charge is 2.01. The van der Waals surface area contributed by atoms with E-state index in [0.29, 0.717) is 6.54 Å². The van der Waals surface area contributed by atoms with Crippen LogP contribution in [-0.2, 0) is 11.3 Å². The number of benzene rings is 1. The fourth-order valence-corrected chi connectivity index (χ4v) is 1.37. The maximum atomic E-state index is 10.7. The quantitative estimate of drug-likeness (QED) is 0.853. The summed E-state index contributed by atoms with van der Waals surface area (Å²) >= 11 is 0. The van der Waals surface area contributed by atoms with Crippen LogP contribution in [0.3, 0.4) is 0 Å². The molecule has 0 bridgehead atoms. The Morgan fingerprint density at radius 2 is 2.12 bits per heavy atom. The van der Waals surface area contributed by atoms with Crippen molar-refractivity contribution >= 4 is 5.91 Å². The van der Waals surface area contributed by atoms with Gasteiger partial charge in [-0.2, -0.15) is 0 Å². The molecule has 0 atom stereocenters. The van der Waals surface area contributed by atoms with Gasteiger partial charge < -0.3 is 9.73 Å². The van der Waals surface area contributed by atoms with Crippen LogP contribution in [0, 0.1) is 0 Å². The Hall–Kier alpha value is -2.10. The first-order valence-corrected chi connectivity index (χ1v) is 4.98. The van der Waals surface area contributed by atoms with Gasteiger partial charge in [0.25, 0.3) is 0 Å². The molecule has 0 aliphatic rings. The fraction of sp³-hybridized carbons (Fsp3) is 0.167. The maximum Gasteiger partial charge on any atom is 0.217 e. The predicted molar refractivity (Wildman–Crippen MR) is 59.5 cm³/mol. The largest absolute Gasteiger partial charge is 0.444 e. The summed E-state index contributed by atoms with van der Waals surface area (Å²) in [6.07, 6.45) is 3.07. The van der Waals surface area contributed by atoms with E-state index in [4.69, 9.17) is 4.42 Å². The third kappa shape index (κ3) is 2.48. The maximum absolute atomic E-state index is 10.7. The van der Waals surface area contributed by atoms with Crippen LogP contribution in [0.25, 0.3) is 11.3 Å². The molecule has 2 aromatic rings. The molecular formula is C12H12N2O2. The van der Waals surface area contributed by atoms with Crippen LogP contribution >= 0.6 is 0 Å². The lowest BCUT2D eigenvalue weighted by molar-refractivity contribution is -0.119. The second-order valence-corrected chi connectivity index (χ2v) is 3.47. The van der Waals surface area contributed by atoms with Crippen LogP contribution in [0.4, 0.5) is 0 Å². The van der Waals surface area contributed by atoms with Crippen LogP contribution in [-0.4, -0.2) is 10.9 Å². The molecule has 0 unspecified atom stereocenters. The average Bonchev–Trinajstić information content (AvgIpc) is 2.80. The lowest BCUT2D eigenvalue weighted by Crippen LogP contribution is -2.18. The van der Waals surface area contributed by atoms with E-state index in [1.165, 1.54) is 13.3 Å². The van der Waals surface area contributed by atoms with Gasteiger partial charge in [-0.05, 0) is 5.56 Å². The second-order valence-electron chi connectivity index (χ2n) is 3.47. The molecule has 0 saturated heterocycles. The smallest absolute Gasteiger partial charge is 0.217 e. The third-order valence-electron chi connectivity index (χ3n) is 2.21. The molecule has 0 fully saturated rings. The van der Waals surface area contributed by atoms with Gasteiger partial charge in [0.05, 0.1) is 6.20 Å². The zero-order valence-electron chi connectivity index (χ0n) is 8.93. The Labute approximate surface area is 93.3 Å². The van der Waals surface area contributed by atoms with Gasteiger partial charge >= 0.3 is 0 Å². The summed E-state index contributed by atoms with van der Waals surface area (Å²) < 4.78 is 5.18. The van der Waals surface area contributed by atoms with E-state index in [1.54, 1.807) is 6.20 Å². The molecule has 2 rings (SSSR count). The number of nitrogens with zero attached hydrogens (tertiary/aromatic N) is 1. The van der Waals surface area contributed by atoms with Gasteiger partial charge in [-0.1, -0.05) is 24.3 Å². The highest BCUT2D eigenvalue weighted by molar-refractivity contribution is 5.72. The number of hydrogen-bond donors (Lipinski definition) is 1. The van der Waals surface area contributed by atoms with Crippen molar-refractivity contribution in [3.8, 4) is 11.3 Å². The normalized spacial score (nSPS) is 10.1. The fourth-order valence-electron chi connectivity index (χ4n) is 1.37. The van der Waals surface area contributed by atoms with Gasteiger partial charge in [0.15, 0.2) is 12.2 Å². The molecule has 1 heterocycles. The summed E-state index contributed by atoms with van der Waals surface area (Å²) in [6, 6.07) is 7.79. The molecule has 0 radical (unpaired) electrons. The number of carbonyl (C=O) groups is 1. The van der Waals surface area contributed by atoms with Gasteiger partial charge in [-0.15, -0.1) is 0 Å². The number of hydrogen-bond acceptors (Lipinski definition) is 3. The molecule has 0 aliphatic carbocycles. The first-order chi connectivity index (χ1) is 7.75. The Balaban J connectivity index is 2.08. The Kier molecular flexibility index (Phi) is 3.00. The van der Waals surface area contributed by atoms with E-state index in [0.717, 1.165) is 16.9 Å². The minimum absolute atomic E-state index is 0.0284. The first kappa shape index (κ1) is 10.4. The minimum atomic E-state index is -0.0284. The van der Waals surface area contributed by atoms with Gasteiger partial charge in [0.2, 0.25) is 5.91 Å². The van der Waals surface area contributed by atoms with Crippen molar-refractivity contribution in [2.24, 2.45) is 0 Å². The van der Waals surface area contributed by atoms with Crippen LogP contribution in [0.15, 0.2) is 41.3 Å². The summed E-state index contributed by atoms with van der Waals surface area (Å²) in [5.41, 5.74) is 2.03. The number of rotatable bonds is 3. The Bertz CT molecular complexity index is 460. The number of nitrogens with one attached hydrogen (secondary N) is 1. The second kappa shape index (κ2) is 4.61. The lowest BCUT2D eigenvalue weighted by atomic mass is 10.1. The topological polar surface area (TPSA) is 55.1 Å². The number of carbonyl (C=O) groups excluding carboxylic acids is 1. The van der Waals surface area contributed by atoms with E-state index in [1.807, 2.05) is 24.3 Å². The molecule has 1 amide bonds. The van der Waals surface area contributed by atoms with Crippen molar-refractivity contribution in [2.75, 3.05) is 0 Å². The molecule has 0 aliphatic heterocycles. The Morgan fingerprint density at radius 3 is 2.69 bits per heavy atom. The van der Waals surface area contributed by atoms with Gasteiger partial charge in [0.1, 0.15) is 0 Å². The summed E-state index contributed by atoms with van der Waals surface area (Å²) in [6.45, 7) is 2.05. The number of oxazole rings is 1. The first-order valence-electron chi connectivity index (χ1n) is 4.98. The van der Waals surface area contributed by atoms with E-state index < -0.39 is 0 Å². The van der Waals surface area contributed by atoms with E-state index in [2.05, 4.69) is 10.3 Å². The van der Waals surface area contributed by atoms with Crippen molar-refractivity contribution in [1.82, 2.24) is 10.3 Å².